The van der Waals surface area contributed by atoms with E-state index in [1.807, 2.05) is 23.9 Å². The Morgan fingerprint density at radius 3 is 2.56 bits per heavy atom. The summed E-state index contributed by atoms with van der Waals surface area (Å²) in [5, 5.41) is 8.05. The van der Waals surface area contributed by atoms with E-state index in [1.54, 1.807) is 0 Å². The summed E-state index contributed by atoms with van der Waals surface area (Å²) in [5.74, 6) is 0.998. The van der Waals surface area contributed by atoms with E-state index in [1.165, 1.54) is 17.7 Å². The number of rotatable bonds is 8. The number of ether oxygens (including phenoxy) is 1. The standard InChI is InChI=1S/C24H37FN6O/c1-6-26-24(29(4)16-20-17-30(5)28-23(20)18(2)3)27-15-22(31-11-13-32-14-12-31)19-7-9-21(25)10-8-19/h7-10,17-18,22H,6,11-16H2,1-5H3,(H,26,27). The predicted molar refractivity (Wildman–Crippen MR) is 126 cm³/mol. The van der Waals surface area contributed by atoms with Crippen molar-refractivity contribution in [1.82, 2.24) is 24.9 Å². The van der Waals surface area contributed by atoms with Crippen LogP contribution in [0.4, 0.5) is 4.39 Å². The molecule has 0 spiro atoms. The molecule has 32 heavy (non-hydrogen) atoms. The number of morpholine rings is 1. The van der Waals surface area contributed by atoms with Crippen LogP contribution in [0, 0.1) is 5.82 Å². The molecular weight excluding hydrogens is 407 g/mol. The van der Waals surface area contributed by atoms with Gasteiger partial charge in [0.1, 0.15) is 5.82 Å². The van der Waals surface area contributed by atoms with Crippen LogP contribution >= 0.6 is 0 Å². The largest absolute Gasteiger partial charge is 0.379 e. The van der Waals surface area contributed by atoms with Gasteiger partial charge in [0.25, 0.3) is 0 Å². The number of hydrogen-bond donors (Lipinski definition) is 1. The lowest BCUT2D eigenvalue weighted by Crippen LogP contribution is -2.42. The lowest BCUT2D eigenvalue weighted by molar-refractivity contribution is 0.0179. The fourth-order valence-corrected chi connectivity index (χ4v) is 4.14. The first-order valence-corrected chi connectivity index (χ1v) is 11.5. The van der Waals surface area contributed by atoms with Gasteiger partial charge in [-0.25, -0.2) is 4.39 Å². The maximum Gasteiger partial charge on any atom is 0.194 e. The Labute approximate surface area is 191 Å². The molecule has 1 fully saturated rings. The second kappa shape index (κ2) is 11.4. The molecule has 3 rings (SSSR count). The van der Waals surface area contributed by atoms with Crippen molar-refractivity contribution in [1.29, 1.82) is 0 Å². The monoisotopic (exact) mass is 444 g/mol. The van der Waals surface area contributed by atoms with E-state index in [0.717, 1.165) is 43.4 Å². The van der Waals surface area contributed by atoms with Crippen molar-refractivity contribution in [3.8, 4) is 0 Å². The molecule has 0 aliphatic carbocycles. The molecule has 0 saturated carbocycles. The molecule has 0 amide bonds. The predicted octanol–water partition coefficient (Wildman–Crippen LogP) is 3.15. The van der Waals surface area contributed by atoms with Crippen LogP contribution in [0.2, 0.25) is 0 Å². The summed E-state index contributed by atoms with van der Waals surface area (Å²) in [6.07, 6.45) is 2.09. The molecule has 0 radical (unpaired) electrons. The Morgan fingerprint density at radius 2 is 1.94 bits per heavy atom. The van der Waals surface area contributed by atoms with E-state index in [-0.39, 0.29) is 11.9 Å². The zero-order valence-electron chi connectivity index (χ0n) is 20.0. The summed E-state index contributed by atoms with van der Waals surface area (Å²) in [6.45, 7) is 11.6. The minimum absolute atomic E-state index is 0.0752. The zero-order chi connectivity index (χ0) is 23.1. The van der Waals surface area contributed by atoms with Crippen LogP contribution in [-0.4, -0.2) is 72.0 Å². The lowest BCUT2D eigenvalue weighted by Gasteiger charge is -2.34. The molecule has 2 aromatic rings. The SMILES string of the molecule is CCNC(=NCC(c1ccc(F)cc1)N1CCOCC1)N(C)Cc1cn(C)nc1C(C)C. The van der Waals surface area contributed by atoms with E-state index in [2.05, 4.69) is 54.2 Å². The minimum atomic E-state index is -0.219. The van der Waals surface area contributed by atoms with E-state index >= 15 is 0 Å². The highest BCUT2D eigenvalue weighted by atomic mass is 19.1. The van der Waals surface area contributed by atoms with E-state index in [4.69, 9.17) is 9.73 Å². The molecule has 1 N–H and O–H groups in total. The molecule has 8 heteroatoms. The smallest absolute Gasteiger partial charge is 0.194 e. The third-order valence-corrected chi connectivity index (χ3v) is 5.74. The van der Waals surface area contributed by atoms with E-state index < -0.39 is 0 Å². The summed E-state index contributed by atoms with van der Waals surface area (Å²) in [6, 6.07) is 6.86. The van der Waals surface area contributed by atoms with Crippen molar-refractivity contribution in [3.63, 3.8) is 0 Å². The molecule has 7 nitrogen and oxygen atoms in total. The second-order valence-electron chi connectivity index (χ2n) is 8.63. The Bertz CT molecular complexity index is 873. The highest BCUT2D eigenvalue weighted by Gasteiger charge is 2.23. The maximum atomic E-state index is 13.5. The maximum absolute atomic E-state index is 13.5. The highest BCUT2D eigenvalue weighted by Crippen LogP contribution is 2.23. The van der Waals surface area contributed by atoms with E-state index in [0.29, 0.717) is 25.7 Å². The van der Waals surface area contributed by atoms with Crippen molar-refractivity contribution in [2.24, 2.45) is 12.0 Å². The zero-order valence-corrected chi connectivity index (χ0v) is 20.0. The normalized spacial score (nSPS) is 16.4. The fourth-order valence-electron chi connectivity index (χ4n) is 4.14. The molecule has 1 aromatic heterocycles. The van der Waals surface area contributed by atoms with Gasteiger partial charge in [-0.15, -0.1) is 0 Å². The fraction of sp³-hybridized carbons (Fsp3) is 0.583. The molecule has 1 aliphatic heterocycles. The number of nitrogens with zero attached hydrogens (tertiary/aromatic N) is 5. The summed E-state index contributed by atoms with van der Waals surface area (Å²) in [4.78, 5) is 9.52. The summed E-state index contributed by atoms with van der Waals surface area (Å²) in [7, 11) is 4.02. The molecule has 176 valence electrons. The van der Waals surface area contributed by atoms with Crippen molar-refractivity contribution in [2.75, 3.05) is 46.4 Å². The number of aromatic nitrogens is 2. The quantitative estimate of drug-likeness (QED) is 0.501. The van der Waals surface area contributed by atoms with Gasteiger partial charge in [-0.3, -0.25) is 14.6 Å². The number of nitrogens with one attached hydrogen (secondary N) is 1. The summed E-state index contributed by atoms with van der Waals surface area (Å²) < 4.78 is 20.9. The number of aliphatic imine (C=N–C) groups is 1. The van der Waals surface area contributed by atoms with Gasteiger partial charge in [-0.05, 0) is 30.5 Å². The number of guanidine groups is 1. The first kappa shape index (κ1) is 24.2. The molecule has 1 unspecified atom stereocenters. The van der Waals surface area contributed by atoms with Crippen molar-refractivity contribution in [3.05, 3.63) is 53.1 Å². The van der Waals surface area contributed by atoms with Gasteiger partial charge in [-0.1, -0.05) is 26.0 Å². The van der Waals surface area contributed by atoms with Crippen LogP contribution in [0.3, 0.4) is 0 Å². The van der Waals surface area contributed by atoms with Crippen molar-refractivity contribution >= 4 is 5.96 Å². The van der Waals surface area contributed by atoms with Crippen molar-refractivity contribution < 1.29 is 9.13 Å². The van der Waals surface area contributed by atoms with Gasteiger partial charge in [-0.2, -0.15) is 5.10 Å². The van der Waals surface area contributed by atoms with Gasteiger partial charge in [0, 0.05) is 52.0 Å². The van der Waals surface area contributed by atoms with Crippen LogP contribution in [0.15, 0.2) is 35.5 Å². The van der Waals surface area contributed by atoms with Crippen LogP contribution < -0.4 is 5.32 Å². The van der Waals surface area contributed by atoms with Gasteiger partial charge in [0.05, 0.1) is 31.5 Å². The minimum Gasteiger partial charge on any atom is -0.379 e. The molecule has 0 bridgehead atoms. The summed E-state index contributed by atoms with van der Waals surface area (Å²) >= 11 is 0. The molecule has 2 heterocycles. The lowest BCUT2D eigenvalue weighted by atomic mass is 10.0. The Kier molecular flexibility index (Phi) is 8.64. The van der Waals surface area contributed by atoms with Crippen LogP contribution in [0.25, 0.3) is 0 Å². The molecular formula is C24H37FN6O. The Hall–Kier alpha value is -2.45. The third kappa shape index (κ3) is 6.29. The number of hydrogen-bond acceptors (Lipinski definition) is 4. The second-order valence-corrected chi connectivity index (χ2v) is 8.63. The van der Waals surface area contributed by atoms with Gasteiger partial charge >= 0.3 is 0 Å². The first-order chi connectivity index (χ1) is 15.4. The topological polar surface area (TPSA) is 57.9 Å². The van der Waals surface area contributed by atoms with E-state index in [9.17, 15) is 4.39 Å². The molecule has 1 aliphatic rings. The molecule has 1 atom stereocenters. The van der Waals surface area contributed by atoms with Gasteiger partial charge < -0.3 is 15.0 Å². The average molecular weight is 445 g/mol. The molecule has 1 aromatic carbocycles. The van der Waals surface area contributed by atoms with Crippen molar-refractivity contribution in [2.45, 2.75) is 39.3 Å². The first-order valence-electron chi connectivity index (χ1n) is 11.5. The Balaban J connectivity index is 1.80. The van der Waals surface area contributed by atoms with Crippen LogP contribution in [0.1, 0.15) is 49.6 Å². The molecule has 1 saturated heterocycles. The average Bonchev–Trinajstić information content (AvgIpc) is 3.15. The highest BCUT2D eigenvalue weighted by molar-refractivity contribution is 5.79. The number of halogens is 1. The number of aryl methyl sites for hydroxylation is 1. The van der Waals surface area contributed by atoms with Crippen LogP contribution in [-0.2, 0) is 18.3 Å². The van der Waals surface area contributed by atoms with Crippen LogP contribution in [0.5, 0.6) is 0 Å². The summed E-state index contributed by atoms with van der Waals surface area (Å²) in [5.41, 5.74) is 3.40. The van der Waals surface area contributed by atoms with Gasteiger partial charge in [0.2, 0.25) is 0 Å². The Morgan fingerprint density at radius 1 is 1.25 bits per heavy atom. The third-order valence-electron chi connectivity index (χ3n) is 5.74. The number of benzene rings is 1. The van der Waals surface area contributed by atoms with Gasteiger partial charge in [0.15, 0.2) is 5.96 Å².